The summed E-state index contributed by atoms with van der Waals surface area (Å²) in [5.74, 6) is -1.21. The molecule has 0 fully saturated rings. The number of amides is 1. The minimum atomic E-state index is -0.902. The number of rotatable bonds is 8. The third-order valence-electron chi connectivity index (χ3n) is 6.68. The number of nitrogens with zero attached hydrogens (tertiary/aromatic N) is 3. The van der Waals surface area contributed by atoms with Gasteiger partial charge in [-0.1, -0.05) is 96.2 Å². The minimum Gasteiger partial charge on any atom is -0.503 e. The second-order valence-corrected chi connectivity index (χ2v) is 11.8. The lowest BCUT2D eigenvalue weighted by Gasteiger charge is -2.24. The Hall–Kier alpha value is -3.92. The number of aliphatic hydroxyl groups excluding tert-OH is 1. The van der Waals surface area contributed by atoms with E-state index in [1.807, 2.05) is 73.7 Å². The zero-order chi connectivity index (χ0) is 27.8. The summed E-state index contributed by atoms with van der Waals surface area (Å²) in [4.78, 5) is 28.7. The number of hydrogen-bond donors (Lipinski definition) is 1. The van der Waals surface area contributed by atoms with Crippen molar-refractivity contribution in [3.8, 4) is 0 Å². The van der Waals surface area contributed by atoms with Crippen molar-refractivity contribution < 1.29 is 19.1 Å². The van der Waals surface area contributed by atoms with Crippen LogP contribution in [0.4, 0.5) is 5.13 Å². The lowest BCUT2D eigenvalue weighted by molar-refractivity contribution is -0.117. The molecule has 1 N–H and O–H groups in total. The summed E-state index contributed by atoms with van der Waals surface area (Å²) >= 11 is 8.69. The molecule has 1 amide bonds. The van der Waals surface area contributed by atoms with Crippen LogP contribution in [-0.4, -0.2) is 27.0 Å². The number of benzene rings is 3. The van der Waals surface area contributed by atoms with E-state index in [1.165, 1.54) is 28.0 Å². The van der Waals surface area contributed by atoms with Gasteiger partial charge < -0.3 is 9.52 Å². The van der Waals surface area contributed by atoms with Gasteiger partial charge in [-0.15, -0.1) is 10.2 Å². The number of Topliss-reactive ketones (excluding diaryl/α,β-unsaturated/α-hetero) is 1. The van der Waals surface area contributed by atoms with Crippen molar-refractivity contribution in [3.05, 3.63) is 118 Å². The van der Waals surface area contributed by atoms with Gasteiger partial charge in [0.05, 0.1) is 11.6 Å². The lowest BCUT2D eigenvalue weighted by atomic mass is 9.94. The molecule has 2 aromatic heterocycles. The van der Waals surface area contributed by atoms with Crippen LogP contribution in [0.3, 0.4) is 0 Å². The molecular weight excluding hydrogens is 566 g/mol. The van der Waals surface area contributed by atoms with Gasteiger partial charge in [-0.05, 0) is 47.4 Å². The summed E-state index contributed by atoms with van der Waals surface area (Å²) in [7, 11) is 0. The van der Waals surface area contributed by atoms with Gasteiger partial charge in [-0.2, -0.15) is 0 Å². The molecule has 7 nitrogen and oxygen atoms in total. The van der Waals surface area contributed by atoms with E-state index in [9.17, 15) is 14.7 Å². The monoisotopic (exact) mass is 587 g/mol. The molecule has 1 aliphatic heterocycles. The first-order valence-corrected chi connectivity index (χ1v) is 14.7. The molecule has 0 saturated heterocycles. The number of aryl methyl sites for hydroxylation is 1. The van der Waals surface area contributed by atoms with Crippen molar-refractivity contribution in [2.45, 2.75) is 29.5 Å². The maximum absolute atomic E-state index is 13.8. The number of thioether (sulfide) groups is 1. The van der Waals surface area contributed by atoms with Gasteiger partial charge in [0, 0.05) is 16.2 Å². The molecule has 0 radical (unpaired) electrons. The van der Waals surface area contributed by atoms with Crippen molar-refractivity contribution in [2.75, 3.05) is 4.90 Å². The van der Waals surface area contributed by atoms with E-state index in [0.29, 0.717) is 26.3 Å². The Morgan fingerprint density at radius 1 is 1.05 bits per heavy atom. The fourth-order valence-electron chi connectivity index (χ4n) is 4.60. The molecule has 3 heterocycles. The van der Waals surface area contributed by atoms with Crippen LogP contribution in [0, 0.1) is 0 Å². The summed E-state index contributed by atoms with van der Waals surface area (Å²) in [5.41, 5.74) is 3.33. The van der Waals surface area contributed by atoms with Gasteiger partial charge in [0.15, 0.2) is 15.9 Å². The highest BCUT2D eigenvalue weighted by Gasteiger charge is 2.46. The second-order valence-electron chi connectivity index (χ2n) is 9.18. The Balaban J connectivity index is 1.36. The summed E-state index contributed by atoms with van der Waals surface area (Å²) in [5, 5.41) is 21.3. The van der Waals surface area contributed by atoms with Crippen LogP contribution in [0.2, 0.25) is 5.02 Å². The third-order valence-corrected chi connectivity index (χ3v) is 9.06. The third kappa shape index (κ3) is 4.92. The number of fused-ring (bicyclic) bond motifs is 1. The molecule has 10 heteroatoms. The van der Waals surface area contributed by atoms with Crippen molar-refractivity contribution in [1.82, 2.24) is 10.2 Å². The standard InChI is InChI=1S/C30H22ClN3O4S2/c1-2-17-7-11-19(12-8-17)25-24(26(35)23-15-20-5-3-4-6-22(20)38-23)27(36)28(37)34(25)29-32-33-30(40-29)39-16-18-9-13-21(31)14-10-18/h3-15,25,36H,2,16H2,1H3/t25-/m0/s1. The van der Waals surface area contributed by atoms with E-state index in [0.717, 1.165) is 22.9 Å². The number of hydrogen-bond acceptors (Lipinski definition) is 8. The fraction of sp³-hybridized carbons (Fsp3) is 0.133. The molecule has 3 aromatic carbocycles. The van der Waals surface area contributed by atoms with E-state index in [-0.39, 0.29) is 16.5 Å². The quantitative estimate of drug-likeness (QED) is 0.114. The van der Waals surface area contributed by atoms with E-state index in [4.69, 9.17) is 16.0 Å². The van der Waals surface area contributed by atoms with Gasteiger partial charge >= 0.3 is 0 Å². The molecule has 0 aliphatic carbocycles. The van der Waals surface area contributed by atoms with Crippen LogP contribution in [-0.2, 0) is 17.0 Å². The summed E-state index contributed by atoms with van der Waals surface area (Å²) in [6.45, 7) is 2.05. The normalized spacial score (nSPS) is 15.4. The van der Waals surface area contributed by atoms with Crippen LogP contribution < -0.4 is 4.90 Å². The van der Waals surface area contributed by atoms with Crippen LogP contribution in [0.25, 0.3) is 11.0 Å². The van der Waals surface area contributed by atoms with Crippen LogP contribution in [0.1, 0.15) is 40.2 Å². The maximum atomic E-state index is 13.8. The SMILES string of the molecule is CCc1ccc([C@H]2C(C(=O)c3cc4ccccc4o3)=C(O)C(=O)N2c2nnc(SCc3ccc(Cl)cc3)s2)cc1. The average molecular weight is 588 g/mol. The molecule has 0 spiro atoms. The number of aliphatic hydroxyl groups is 1. The number of carbonyl (C=O) groups excluding carboxylic acids is 2. The van der Waals surface area contributed by atoms with Gasteiger partial charge in [-0.25, -0.2) is 0 Å². The Labute approximate surface area is 243 Å². The zero-order valence-corrected chi connectivity index (χ0v) is 23.6. The molecule has 5 aromatic rings. The second kappa shape index (κ2) is 10.9. The molecule has 0 saturated carbocycles. The molecule has 6 rings (SSSR count). The number of furan rings is 1. The smallest absolute Gasteiger partial charge is 0.296 e. The predicted octanol–water partition coefficient (Wildman–Crippen LogP) is 7.58. The molecule has 1 atom stereocenters. The number of carbonyl (C=O) groups is 2. The highest BCUT2D eigenvalue weighted by atomic mass is 35.5. The van der Waals surface area contributed by atoms with Crippen LogP contribution >= 0.6 is 34.7 Å². The molecule has 0 bridgehead atoms. The molecule has 1 aliphatic rings. The summed E-state index contributed by atoms with van der Waals surface area (Å²) in [6, 6.07) is 23.1. The first-order valence-electron chi connectivity index (χ1n) is 12.5. The van der Waals surface area contributed by atoms with Crippen LogP contribution in [0.15, 0.2) is 99.0 Å². The van der Waals surface area contributed by atoms with Gasteiger partial charge in [-0.3, -0.25) is 14.5 Å². The van der Waals surface area contributed by atoms with Crippen molar-refractivity contribution in [2.24, 2.45) is 0 Å². The number of anilines is 1. The zero-order valence-electron chi connectivity index (χ0n) is 21.2. The Bertz CT molecular complexity index is 1730. The highest BCUT2D eigenvalue weighted by Crippen LogP contribution is 2.44. The van der Waals surface area contributed by atoms with E-state index < -0.39 is 23.5 Å². The fourth-order valence-corrected chi connectivity index (χ4v) is 6.55. The van der Waals surface area contributed by atoms with E-state index in [2.05, 4.69) is 10.2 Å². The largest absolute Gasteiger partial charge is 0.503 e. The number of para-hydroxylation sites is 1. The maximum Gasteiger partial charge on any atom is 0.296 e. The predicted molar refractivity (Wildman–Crippen MR) is 157 cm³/mol. The average Bonchev–Trinajstić information content (AvgIpc) is 3.69. The van der Waals surface area contributed by atoms with Crippen molar-refractivity contribution >= 4 is 62.5 Å². The Morgan fingerprint density at radius 2 is 1.77 bits per heavy atom. The Morgan fingerprint density at radius 3 is 2.50 bits per heavy atom. The molecular formula is C30H22ClN3O4S2. The molecule has 200 valence electrons. The van der Waals surface area contributed by atoms with E-state index >= 15 is 0 Å². The first kappa shape index (κ1) is 26.3. The number of aromatic nitrogens is 2. The highest BCUT2D eigenvalue weighted by molar-refractivity contribution is 8.00. The van der Waals surface area contributed by atoms with E-state index in [1.54, 1.807) is 12.1 Å². The van der Waals surface area contributed by atoms with Crippen LogP contribution in [0.5, 0.6) is 0 Å². The topological polar surface area (TPSA) is 96.5 Å². The molecule has 0 unspecified atom stereocenters. The Kier molecular flexibility index (Phi) is 7.18. The summed E-state index contributed by atoms with van der Waals surface area (Å²) < 4.78 is 6.46. The lowest BCUT2D eigenvalue weighted by Crippen LogP contribution is -2.31. The van der Waals surface area contributed by atoms with Gasteiger partial charge in [0.1, 0.15) is 5.58 Å². The minimum absolute atomic E-state index is 0.0454. The summed E-state index contributed by atoms with van der Waals surface area (Å²) in [6.07, 6.45) is 0.837. The van der Waals surface area contributed by atoms with Crippen molar-refractivity contribution in [3.63, 3.8) is 0 Å². The number of halogens is 1. The molecule has 40 heavy (non-hydrogen) atoms. The van der Waals surface area contributed by atoms with Gasteiger partial charge in [0.2, 0.25) is 10.9 Å². The first-order chi connectivity index (χ1) is 19.4. The van der Waals surface area contributed by atoms with Crippen molar-refractivity contribution in [1.29, 1.82) is 0 Å². The number of ketones is 1. The van der Waals surface area contributed by atoms with Gasteiger partial charge in [0.25, 0.3) is 5.91 Å².